The van der Waals surface area contributed by atoms with Crippen LogP contribution < -0.4 is 5.73 Å². The van der Waals surface area contributed by atoms with Crippen molar-refractivity contribution in [1.82, 2.24) is 9.78 Å². The maximum atomic E-state index is 6.15. The molecular weight excluding hydrogens is 258 g/mol. The molecule has 15 heavy (non-hydrogen) atoms. The van der Waals surface area contributed by atoms with Gasteiger partial charge in [0.15, 0.2) is 0 Å². The molecule has 84 valence electrons. The highest BCUT2D eigenvalue weighted by molar-refractivity contribution is 9.10. The van der Waals surface area contributed by atoms with Gasteiger partial charge in [-0.15, -0.1) is 0 Å². The fourth-order valence-electron chi connectivity index (χ4n) is 2.06. The van der Waals surface area contributed by atoms with Gasteiger partial charge in [-0.25, -0.2) is 0 Å². The van der Waals surface area contributed by atoms with Crippen molar-refractivity contribution in [3.05, 3.63) is 16.4 Å². The van der Waals surface area contributed by atoms with E-state index in [1.165, 1.54) is 0 Å². The lowest BCUT2D eigenvalue weighted by Gasteiger charge is -2.16. The second-order valence-electron chi connectivity index (χ2n) is 3.98. The molecule has 1 aliphatic rings. The number of hydrogen-bond donors (Lipinski definition) is 1. The summed E-state index contributed by atoms with van der Waals surface area (Å²) < 4.78 is 8.38. The summed E-state index contributed by atoms with van der Waals surface area (Å²) in [5, 5.41) is 4.16. The molecule has 0 bridgehead atoms. The van der Waals surface area contributed by atoms with Gasteiger partial charge in [-0.1, -0.05) is 0 Å². The molecule has 5 heteroatoms. The highest BCUT2D eigenvalue weighted by atomic mass is 79.9. The first-order valence-corrected chi connectivity index (χ1v) is 6.02. The van der Waals surface area contributed by atoms with E-state index in [0.717, 1.165) is 36.0 Å². The molecule has 0 spiro atoms. The minimum Gasteiger partial charge on any atom is -0.378 e. The minimum absolute atomic E-state index is 0.00465. The van der Waals surface area contributed by atoms with Gasteiger partial charge in [0.05, 0.1) is 28.5 Å². The summed E-state index contributed by atoms with van der Waals surface area (Å²) in [6, 6.07) is -0.00465. The first-order chi connectivity index (χ1) is 7.18. The Kier molecular flexibility index (Phi) is 3.43. The van der Waals surface area contributed by atoms with E-state index in [9.17, 15) is 0 Å². The molecule has 0 aliphatic carbocycles. The molecule has 2 unspecified atom stereocenters. The van der Waals surface area contributed by atoms with Gasteiger partial charge < -0.3 is 10.5 Å². The van der Waals surface area contributed by atoms with Crippen LogP contribution in [0.4, 0.5) is 0 Å². The van der Waals surface area contributed by atoms with E-state index in [1.807, 2.05) is 11.7 Å². The molecule has 1 aliphatic heterocycles. The molecule has 1 saturated heterocycles. The summed E-state index contributed by atoms with van der Waals surface area (Å²) in [5.41, 5.74) is 7.20. The Morgan fingerprint density at radius 2 is 2.60 bits per heavy atom. The van der Waals surface area contributed by atoms with Crippen LogP contribution in [0.25, 0.3) is 0 Å². The number of nitrogens with zero attached hydrogens (tertiary/aromatic N) is 2. The number of aryl methyl sites for hydroxylation is 1. The van der Waals surface area contributed by atoms with Crippen LogP contribution in [-0.4, -0.2) is 22.5 Å². The van der Waals surface area contributed by atoms with E-state index < -0.39 is 0 Å². The van der Waals surface area contributed by atoms with E-state index >= 15 is 0 Å². The van der Waals surface area contributed by atoms with Crippen molar-refractivity contribution in [3.8, 4) is 0 Å². The van der Waals surface area contributed by atoms with Crippen LogP contribution in [0.1, 0.15) is 31.0 Å². The number of halogens is 1. The minimum atomic E-state index is -0.00465. The van der Waals surface area contributed by atoms with E-state index in [2.05, 4.69) is 21.0 Å². The SMILES string of the molecule is Cn1ncc(Br)c1C(N)CC1CCCO1. The van der Waals surface area contributed by atoms with Crippen molar-refractivity contribution in [2.75, 3.05) is 6.61 Å². The molecular formula is C10H16BrN3O. The first kappa shape index (κ1) is 11.1. The van der Waals surface area contributed by atoms with Crippen LogP contribution in [0.2, 0.25) is 0 Å². The second kappa shape index (κ2) is 4.63. The van der Waals surface area contributed by atoms with Gasteiger partial charge in [-0.2, -0.15) is 5.10 Å². The van der Waals surface area contributed by atoms with Crippen LogP contribution in [0.15, 0.2) is 10.7 Å². The second-order valence-corrected chi connectivity index (χ2v) is 4.83. The van der Waals surface area contributed by atoms with Crippen LogP contribution in [-0.2, 0) is 11.8 Å². The zero-order valence-corrected chi connectivity index (χ0v) is 10.4. The van der Waals surface area contributed by atoms with Gasteiger partial charge in [0.1, 0.15) is 0 Å². The molecule has 0 aromatic carbocycles. The van der Waals surface area contributed by atoms with Crippen molar-refractivity contribution in [2.45, 2.75) is 31.4 Å². The third-order valence-electron chi connectivity index (χ3n) is 2.83. The Balaban J connectivity index is 2.03. The van der Waals surface area contributed by atoms with E-state index in [4.69, 9.17) is 10.5 Å². The van der Waals surface area contributed by atoms with Crippen molar-refractivity contribution in [3.63, 3.8) is 0 Å². The molecule has 1 fully saturated rings. The van der Waals surface area contributed by atoms with Crippen LogP contribution in [0.3, 0.4) is 0 Å². The molecule has 4 nitrogen and oxygen atoms in total. The van der Waals surface area contributed by atoms with Crippen molar-refractivity contribution >= 4 is 15.9 Å². The molecule has 2 rings (SSSR count). The summed E-state index contributed by atoms with van der Waals surface area (Å²) in [4.78, 5) is 0. The number of aromatic nitrogens is 2. The standard InChI is InChI=1S/C10H16BrN3O/c1-14-10(8(11)6-13-14)9(12)5-7-3-2-4-15-7/h6-7,9H,2-5,12H2,1H3. The Hall–Kier alpha value is -0.390. The zero-order chi connectivity index (χ0) is 10.8. The molecule has 1 aromatic heterocycles. The topological polar surface area (TPSA) is 53.1 Å². The smallest absolute Gasteiger partial charge is 0.0691 e. The quantitative estimate of drug-likeness (QED) is 0.913. The largest absolute Gasteiger partial charge is 0.378 e. The van der Waals surface area contributed by atoms with E-state index in [0.29, 0.717) is 6.10 Å². The Morgan fingerprint density at radius 1 is 1.80 bits per heavy atom. The predicted octanol–water partition coefficient (Wildman–Crippen LogP) is 1.75. The monoisotopic (exact) mass is 273 g/mol. The van der Waals surface area contributed by atoms with Gasteiger partial charge in [-0.05, 0) is 35.2 Å². The van der Waals surface area contributed by atoms with Gasteiger partial charge in [0.25, 0.3) is 0 Å². The molecule has 2 atom stereocenters. The highest BCUT2D eigenvalue weighted by Crippen LogP contribution is 2.27. The fourth-order valence-corrected chi connectivity index (χ4v) is 2.70. The number of hydrogen-bond acceptors (Lipinski definition) is 3. The highest BCUT2D eigenvalue weighted by Gasteiger charge is 2.22. The lowest BCUT2D eigenvalue weighted by Crippen LogP contribution is -2.21. The van der Waals surface area contributed by atoms with Gasteiger partial charge in [0, 0.05) is 13.7 Å². The Morgan fingerprint density at radius 3 is 3.13 bits per heavy atom. The Bertz CT molecular complexity index is 314. The maximum Gasteiger partial charge on any atom is 0.0691 e. The number of nitrogens with two attached hydrogens (primary N) is 1. The molecule has 0 saturated carbocycles. The lowest BCUT2D eigenvalue weighted by atomic mass is 10.1. The van der Waals surface area contributed by atoms with Crippen molar-refractivity contribution < 1.29 is 4.74 Å². The summed E-state index contributed by atoms with van der Waals surface area (Å²) >= 11 is 3.46. The van der Waals surface area contributed by atoms with Crippen LogP contribution in [0.5, 0.6) is 0 Å². The summed E-state index contributed by atoms with van der Waals surface area (Å²) in [6.45, 7) is 0.879. The summed E-state index contributed by atoms with van der Waals surface area (Å²) in [6.07, 6.45) is 5.26. The van der Waals surface area contributed by atoms with Crippen molar-refractivity contribution in [1.29, 1.82) is 0 Å². The van der Waals surface area contributed by atoms with Gasteiger partial charge in [-0.3, -0.25) is 4.68 Å². The van der Waals surface area contributed by atoms with Crippen LogP contribution in [0, 0.1) is 0 Å². The predicted molar refractivity (Wildman–Crippen MR) is 61.4 cm³/mol. The normalized spacial score (nSPS) is 23.3. The van der Waals surface area contributed by atoms with Crippen molar-refractivity contribution in [2.24, 2.45) is 12.8 Å². The third kappa shape index (κ3) is 2.41. The molecule has 1 aromatic rings. The Labute approximate surface area is 97.9 Å². The number of ether oxygens (including phenoxy) is 1. The molecule has 2 heterocycles. The van der Waals surface area contributed by atoms with Gasteiger partial charge >= 0.3 is 0 Å². The third-order valence-corrected chi connectivity index (χ3v) is 3.44. The van der Waals surface area contributed by atoms with E-state index in [-0.39, 0.29) is 6.04 Å². The molecule has 0 radical (unpaired) electrons. The van der Waals surface area contributed by atoms with Gasteiger partial charge in [0.2, 0.25) is 0 Å². The average Bonchev–Trinajstić information content (AvgIpc) is 2.77. The number of rotatable bonds is 3. The van der Waals surface area contributed by atoms with Crippen LogP contribution >= 0.6 is 15.9 Å². The summed E-state index contributed by atoms with van der Waals surface area (Å²) in [7, 11) is 1.91. The average molecular weight is 274 g/mol. The summed E-state index contributed by atoms with van der Waals surface area (Å²) in [5.74, 6) is 0. The molecule has 2 N–H and O–H groups in total. The lowest BCUT2D eigenvalue weighted by molar-refractivity contribution is 0.0976. The van der Waals surface area contributed by atoms with E-state index in [1.54, 1.807) is 6.20 Å². The molecule has 0 amide bonds. The fraction of sp³-hybridized carbons (Fsp3) is 0.700. The zero-order valence-electron chi connectivity index (χ0n) is 8.82. The first-order valence-electron chi connectivity index (χ1n) is 5.23. The maximum absolute atomic E-state index is 6.15.